The summed E-state index contributed by atoms with van der Waals surface area (Å²) < 4.78 is 74.8. The first-order chi connectivity index (χ1) is 12.0. The second-order valence-electron chi connectivity index (χ2n) is 6.16. The molecule has 0 atom stereocenters. The average Bonchev–Trinajstić information content (AvgIpc) is 2.54. The van der Waals surface area contributed by atoms with Gasteiger partial charge in [0.1, 0.15) is 5.82 Å². The van der Waals surface area contributed by atoms with Gasteiger partial charge >= 0.3 is 6.18 Å². The number of halogens is 4. The number of aromatic nitrogens is 2. The molecular formula is C16H15F4N3O2S. The Morgan fingerprint density at radius 1 is 1.27 bits per heavy atom. The maximum Gasteiger partial charge on any atom is 0.416 e. The molecule has 0 saturated heterocycles. The molecule has 0 aliphatic carbocycles. The molecule has 0 bridgehead atoms. The van der Waals surface area contributed by atoms with Crippen molar-refractivity contribution in [2.24, 2.45) is 0 Å². The molecule has 26 heavy (non-hydrogen) atoms. The highest BCUT2D eigenvalue weighted by atomic mass is 32.2. The Bertz CT molecular complexity index is 945. The molecule has 0 unspecified atom stereocenters. The highest BCUT2D eigenvalue weighted by Gasteiger charge is 2.31. The third-order valence-corrected chi connectivity index (χ3v) is 4.96. The van der Waals surface area contributed by atoms with Crippen LogP contribution < -0.4 is 0 Å². The van der Waals surface area contributed by atoms with Gasteiger partial charge in [-0.3, -0.25) is 4.90 Å². The topological polar surface area (TPSA) is 63.2 Å². The number of hydrogen-bond acceptors (Lipinski definition) is 5. The highest BCUT2D eigenvalue weighted by Crippen LogP contribution is 2.30. The van der Waals surface area contributed by atoms with Gasteiger partial charge in [0.25, 0.3) is 0 Å². The predicted molar refractivity (Wildman–Crippen MR) is 84.4 cm³/mol. The first-order valence-electron chi connectivity index (χ1n) is 7.67. The summed E-state index contributed by atoms with van der Waals surface area (Å²) in [7, 11) is -3.50. The normalized spacial score (nSPS) is 15.7. The van der Waals surface area contributed by atoms with Gasteiger partial charge in [-0.2, -0.15) is 13.2 Å². The van der Waals surface area contributed by atoms with Crippen LogP contribution in [0, 0.1) is 5.82 Å². The number of sulfone groups is 1. The lowest BCUT2D eigenvalue weighted by atomic mass is 10.1. The minimum atomic E-state index is -4.59. The number of alkyl halides is 3. The van der Waals surface area contributed by atoms with Crippen LogP contribution in [-0.2, 0) is 35.5 Å². The molecule has 1 aliphatic rings. The van der Waals surface area contributed by atoms with Gasteiger partial charge in [0, 0.05) is 49.6 Å². The van der Waals surface area contributed by atoms with Crippen LogP contribution >= 0.6 is 0 Å². The first kappa shape index (κ1) is 18.7. The van der Waals surface area contributed by atoms with E-state index in [4.69, 9.17) is 0 Å². The fraction of sp³-hybridized carbons (Fsp3) is 0.375. The Balaban J connectivity index is 1.76. The molecule has 5 nitrogen and oxygen atoms in total. The molecular weight excluding hydrogens is 374 g/mol. The second kappa shape index (κ2) is 6.58. The Labute approximate surface area is 147 Å². The number of rotatable bonds is 3. The van der Waals surface area contributed by atoms with E-state index in [0.717, 1.165) is 24.0 Å². The van der Waals surface area contributed by atoms with Gasteiger partial charge in [-0.05, 0) is 12.1 Å². The molecule has 1 aliphatic heterocycles. The fourth-order valence-electron chi connectivity index (χ4n) is 2.76. The quantitative estimate of drug-likeness (QED) is 0.597. The zero-order valence-corrected chi connectivity index (χ0v) is 14.5. The van der Waals surface area contributed by atoms with Crippen molar-refractivity contribution in [3.8, 4) is 0 Å². The van der Waals surface area contributed by atoms with Gasteiger partial charge in [0.15, 0.2) is 0 Å². The largest absolute Gasteiger partial charge is 0.416 e. The highest BCUT2D eigenvalue weighted by molar-refractivity contribution is 7.90. The molecule has 1 aromatic carbocycles. The molecule has 2 aromatic rings. The predicted octanol–water partition coefficient (Wildman–Crippen LogP) is 2.60. The van der Waals surface area contributed by atoms with Crippen molar-refractivity contribution in [2.75, 3.05) is 12.8 Å². The van der Waals surface area contributed by atoms with Crippen molar-refractivity contribution >= 4 is 9.84 Å². The van der Waals surface area contributed by atoms with Crippen molar-refractivity contribution < 1.29 is 26.0 Å². The van der Waals surface area contributed by atoms with Crippen molar-refractivity contribution in [3.63, 3.8) is 0 Å². The van der Waals surface area contributed by atoms with E-state index < -0.39 is 27.4 Å². The van der Waals surface area contributed by atoms with Crippen LogP contribution in [0.25, 0.3) is 0 Å². The minimum Gasteiger partial charge on any atom is -0.294 e. The maximum absolute atomic E-state index is 14.0. The van der Waals surface area contributed by atoms with Gasteiger partial charge in [-0.25, -0.2) is 22.8 Å². The van der Waals surface area contributed by atoms with Crippen LogP contribution in [0.2, 0.25) is 0 Å². The lowest BCUT2D eigenvalue weighted by molar-refractivity contribution is -0.137. The van der Waals surface area contributed by atoms with Gasteiger partial charge < -0.3 is 0 Å². The molecule has 0 spiro atoms. The van der Waals surface area contributed by atoms with Crippen molar-refractivity contribution in [2.45, 2.75) is 30.8 Å². The third kappa shape index (κ3) is 4.01. The first-order valence-corrected chi connectivity index (χ1v) is 9.56. The second-order valence-corrected chi connectivity index (χ2v) is 8.07. The summed E-state index contributed by atoms with van der Waals surface area (Å²) in [5.41, 5.74) is 0.472. The summed E-state index contributed by atoms with van der Waals surface area (Å²) in [5, 5.41) is -0.238. The Morgan fingerprint density at radius 3 is 2.62 bits per heavy atom. The lowest BCUT2D eigenvalue weighted by Crippen LogP contribution is -2.31. The zero-order valence-electron chi connectivity index (χ0n) is 13.7. The molecule has 0 amide bonds. The van der Waals surface area contributed by atoms with Crippen molar-refractivity contribution in [3.05, 3.63) is 52.6 Å². The lowest BCUT2D eigenvalue weighted by Gasteiger charge is -2.28. The molecule has 1 aromatic heterocycles. The Kier molecular flexibility index (Phi) is 4.74. The summed E-state index contributed by atoms with van der Waals surface area (Å²) in [6.45, 7) is 0.977. The van der Waals surface area contributed by atoms with E-state index in [1.165, 1.54) is 6.20 Å². The average molecular weight is 389 g/mol. The van der Waals surface area contributed by atoms with Gasteiger partial charge in [0.2, 0.25) is 15.0 Å². The zero-order chi connectivity index (χ0) is 19.1. The molecule has 0 radical (unpaired) electrons. The molecule has 0 fully saturated rings. The van der Waals surface area contributed by atoms with E-state index in [9.17, 15) is 26.0 Å². The minimum absolute atomic E-state index is 0.136. The molecule has 2 heterocycles. The third-order valence-electron chi connectivity index (χ3n) is 4.10. The van der Waals surface area contributed by atoms with Gasteiger partial charge in [0.05, 0.1) is 11.3 Å². The van der Waals surface area contributed by atoms with E-state index in [1.807, 2.05) is 4.90 Å². The molecule has 140 valence electrons. The number of benzene rings is 1. The van der Waals surface area contributed by atoms with Crippen LogP contribution in [0.4, 0.5) is 17.6 Å². The van der Waals surface area contributed by atoms with E-state index in [0.29, 0.717) is 31.3 Å². The number of hydrogen-bond donors (Lipinski definition) is 0. The van der Waals surface area contributed by atoms with Crippen LogP contribution in [0.3, 0.4) is 0 Å². The van der Waals surface area contributed by atoms with Gasteiger partial charge in [-0.15, -0.1) is 0 Å². The van der Waals surface area contributed by atoms with Gasteiger partial charge in [-0.1, -0.05) is 6.07 Å². The molecule has 10 heteroatoms. The summed E-state index contributed by atoms with van der Waals surface area (Å²) in [5.74, 6) is -0.908. The van der Waals surface area contributed by atoms with E-state index in [1.54, 1.807) is 0 Å². The van der Waals surface area contributed by atoms with E-state index in [-0.39, 0.29) is 17.3 Å². The van der Waals surface area contributed by atoms with Crippen LogP contribution in [0.5, 0.6) is 0 Å². The monoisotopic (exact) mass is 389 g/mol. The smallest absolute Gasteiger partial charge is 0.294 e. The van der Waals surface area contributed by atoms with Crippen molar-refractivity contribution in [1.82, 2.24) is 14.9 Å². The molecule has 0 saturated carbocycles. The maximum atomic E-state index is 14.0. The van der Waals surface area contributed by atoms with Crippen LogP contribution in [0.15, 0.2) is 29.6 Å². The number of fused-ring (bicyclic) bond motifs is 1. The Hall–Kier alpha value is -2.07. The van der Waals surface area contributed by atoms with Crippen LogP contribution in [-0.4, -0.2) is 36.1 Å². The molecule has 3 rings (SSSR count). The molecule has 0 N–H and O–H groups in total. The van der Waals surface area contributed by atoms with E-state index >= 15 is 0 Å². The van der Waals surface area contributed by atoms with E-state index in [2.05, 4.69) is 9.97 Å². The summed E-state index contributed by atoms with van der Waals surface area (Å²) in [6, 6.07) is 2.49. The van der Waals surface area contributed by atoms with Crippen molar-refractivity contribution in [1.29, 1.82) is 0 Å². The summed E-state index contributed by atoms with van der Waals surface area (Å²) in [6.07, 6.45) is -1.69. The number of nitrogens with zero attached hydrogens (tertiary/aromatic N) is 3. The standard InChI is InChI=1S/C16H15F4N3O2S/c1-26(24,25)15-21-7-11-9-23(5-4-14(11)22-15)8-10-2-3-12(6-13(10)17)16(18,19)20/h2-3,6-7H,4-5,8-9H2,1H3. The SMILES string of the molecule is CS(=O)(=O)c1ncc2c(n1)CCN(Cc1ccc(C(F)(F)F)cc1F)C2. The summed E-state index contributed by atoms with van der Waals surface area (Å²) in [4.78, 5) is 9.74. The Morgan fingerprint density at radius 2 is 2.00 bits per heavy atom. The summed E-state index contributed by atoms with van der Waals surface area (Å²) >= 11 is 0. The fourth-order valence-corrected chi connectivity index (χ4v) is 3.28. The van der Waals surface area contributed by atoms with Crippen LogP contribution in [0.1, 0.15) is 22.4 Å².